The number of nitrogens with zero attached hydrogens (tertiary/aromatic N) is 2. The van der Waals surface area contributed by atoms with Gasteiger partial charge >= 0.3 is 0 Å². The molecule has 128 valence electrons. The maximum absolute atomic E-state index is 12.0. The topological polar surface area (TPSA) is 46.9 Å². The highest BCUT2D eigenvalue weighted by molar-refractivity contribution is 5.91. The zero-order chi connectivity index (χ0) is 17.5. The van der Waals surface area contributed by atoms with E-state index in [1.54, 1.807) is 6.08 Å². The molecule has 0 aliphatic heterocycles. The van der Waals surface area contributed by atoms with Crippen molar-refractivity contribution >= 4 is 23.0 Å². The number of imidazole rings is 1. The van der Waals surface area contributed by atoms with Gasteiger partial charge in [-0.2, -0.15) is 0 Å². The first-order valence-corrected chi connectivity index (χ1v) is 8.73. The molecule has 0 unspecified atom stereocenters. The van der Waals surface area contributed by atoms with Gasteiger partial charge in [-0.3, -0.25) is 4.79 Å². The Morgan fingerprint density at radius 2 is 1.88 bits per heavy atom. The Morgan fingerprint density at radius 1 is 1.12 bits per heavy atom. The number of hydrogen-bond acceptors (Lipinski definition) is 2. The van der Waals surface area contributed by atoms with Crippen molar-refractivity contribution in [3.05, 3.63) is 72.1 Å². The molecule has 0 bridgehead atoms. The number of fused-ring (bicyclic) bond motifs is 1. The lowest BCUT2D eigenvalue weighted by molar-refractivity contribution is -0.116. The second-order valence-corrected chi connectivity index (χ2v) is 5.95. The van der Waals surface area contributed by atoms with Gasteiger partial charge in [0.05, 0.1) is 11.0 Å². The SMILES string of the molecule is CCCn1c(CCNC(=O)/C=C/c2ccccc2)nc2ccccc21. The molecule has 0 atom stereocenters. The van der Waals surface area contributed by atoms with Gasteiger partial charge in [0.2, 0.25) is 5.91 Å². The van der Waals surface area contributed by atoms with Crippen LogP contribution >= 0.6 is 0 Å². The van der Waals surface area contributed by atoms with E-state index in [4.69, 9.17) is 4.98 Å². The van der Waals surface area contributed by atoms with Crippen LogP contribution in [0.4, 0.5) is 0 Å². The monoisotopic (exact) mass is 333 g/mol. The Balaban J connectivity index is 1.60. The fraction of sp³-hybridized carbons (Fsp3) is 0.238. The second kappa shape index (κ2) is 8.29. The Morgan fingerprint density at radius 3 is 2.68 bits per heavy atom. The summed E-state index contributed by atoms with van der Waals surface area (Å²) >= 11 is 0. The summed E-state index contributed by atoms with van der Waals surface area (Å²) in [5.41, 5.74) is 3.19. The van der Waals surface area contributed by atoms with Crippen molar-refractivity contribution in [3.8, 4) is 0 Å². The number of rotatable bonds is 7. The van der Waals surface area contributed by atoms with Crippen molar-refractivity contribution in [3.63, 3.8) is 0 Å². The maximum Gasteiger partial charge on any atom is 0.244 e. The first kappa shape index (κ1) is 17.0. The molecule has 4 heteroatoms. The number of carbonyl (C=O) groups excluding carboxylic acids is 1. The quantitative estimate of drug-likeness (QED) is 0.668. The van der Waals surface area contributed by atoms with Gasteiger partial charge < -0.3 is 9.88 Å². The third-order valence-electron chi connectivity index (χ3n) is 4.06. The largest absolute Gasteiger partial charge is 0.352 e. The standard InChI is InChI=1S/C21H23N3O/c1-2-16-24-19-11-7-6-10-18(19)23-20(24)14-15-22-21(25)13-12-17-8-4-3-5-9-17/h3-13H,2,14-16H2,1H3,(H,22,25)/b13-12+. The Labute approximate surface area is 148 Å². The van der Waals surface area contributed by atoms with E-state index in [-0.39, 0.29) is 5.91 Å². The van der Waals surface area contributed by atoms with Crippen molar-refractivity contribution in [2.24, 2.45) is 0 Å². The number of benzene rings is 2. The average Bonchev–Trinajstić information content (AvgIpc) is 2.99. The van der Waals surface area contributed by atoms with E-state index in [1.807, 2.05) is 54.6 Å². The molecule has 0 saturated heterocycles. The summed E-state index contributed by atoms with van der Waals surface area (Å²) in [5, 5.41) is 2.94. The van der Waals surface area contributed by atoms with Gasteiger partial charge in [-0.25, -0.2) is 4.98 Å². The van der Waals surface area contributed by atoms with E-state index in [9.17, 15) is 4.79 Å². The van der Waals surface area contributed by atoms with Crippen LogP contribution in [0.15, 0.2) is 60.7 Å². The summed E-state index contributed by atoms with van der Waals surface area (Å²) in [6, 6.07) is 18.0. The molecule has 0 aliphatic rings. The highest BCUT2D eigenvalue weighted by Crippen LogP contribution is 2.16. The van der Waals surface area contributed by atoms with E-state index in [0.717, 1.165) is 41.8 Å². The molecular formula is C21H23N3O. The summed E-state index contributed by atoms with van der Waals surface area (Å²) in [6.07, 6.45) is 5.17. The molecule has 0 saturated carbocycles. The predicted octanol–water partition coefficient (Wildman–Crippen LogP) is 3.82. The van der Waals surface area contributed by atoms with E-state index < -0.39 is 0 Å². The van der Waals surface area contributed by atoms with E-state index in [2.05, 4.69) is 22.9 Å². The number of hydrogen-bond donors (Lipinski definition) is 1. The third-order valence-corrected chi connectivity index (χ3v) is 4.06. The number of para-hydroxylation sites is 2. The molecular weight excluding hydrogens is 310 g/mol. The van der Waals surface area contributed by atoms with Crippen LogP contribution in [0.1, 0.15) is 24.7 Å². The van der Waals surface area contributed by atoms with Gasteiger partial charge in [0.15, 0.2) is 0 Å². The van der Waals surface area contributed by atoms with Crippen LogP contribution in [0.5, 0.6) is 0 Å². The lowest BCUT2D eigenvalue weighted by Gasteiger charge is -2.08. The minimum Gasteiger partial charge on any atom is -0.352 e. The summed E-state index contributed by atoms with van der Waals surface area (Å²) in [4.78, 5) is 16.7. The smallest absolute Gasteiger partial charge is 0.244 e. The zero-order valence-electron chi connectivity index (χ0n) is 14.5. The summed E-state index contributed by atoms with van der Waals surface area (Å²) in [6.45, 7) is 3.68. The number of carbonyl (C=O) groups is 1. The maximum atomic E-state index is 12.0. The van der Waals surface area contributed by atoms with Crippen molar-refractivity contribution in [2.45, 2.75) is 26.3 Å². The minimum absolute atomic E-state index is 0.0815. The van der Waals surface area contributed by atoms with Crippen molar-refractivity contribution in [1.82, 2.24) is 14.9 Å². The van der Waals surface area contributed by atoms with Crippen LogP contribution in [0, 0.1) is 0 Å². The first-order chi connectivity index (χ1) is 12.3. The van der Waals surface area contributed by atoms with E-state index in [1.165, 1.54) is 0 Å². The van der Waals surface area contributed by atoms with Gasteiger partial charge in [0, 0.05) is 25.6 Å². The van der Waals surface area contributed by atoms with Crippen molar-refractivity contribution in [1.29, 1.82) is 0 Å². The van der Waals surface area contributed by atoms with Crippen molar-refractivity contribution in [2.75, 3.05) is 6.54 Å². The van der Waals surface area contributed by atoms with Gasteiger partial charge in [0.1, 0.15) is 5.82 Å². The molecule has 1 aromatic heterocycles. The Hall–Kier alpha value is -2.88. The molecule has 0 fully saturated rings. The second-order valence-electron chi connectivity index (χ2n) is 5.95. The van der Waals surface area contributed by atoms with Gasteiger partial charge in [-0.1, -0.05) is 49.4 Å². The fourth-order valence-electron chi connectivity index (χ4n) is 2.88. The lowest BCUT2D eigenvalue weighted by atomic mass is 10.2. The summed E-state index contributed by atoms with van der Waals surface area (Å²) < 4.78 is 2.25. The minimum atomic E-state index is -0.0815. The lowest BCUT2D eigenvalue weighted by Crippen LogP contribution is -2.24. The normalized spacial score (nSPS) is 11.2. The van der Waals surface area contributed by atoms with Crippen LogP contribution < -0.4 is 5.32 Å². The third kappa shape index (κ3) is 4.35. The molecule has 4 nitrogen and oxygen atoms in total. The molecule has 0 radical (unpaired) electrons. The fourth-order valence-corrected chi connectivity index (χ4v) is 2.88. The number of nitrogens with one attached hydrogen (secondary N) is 1. The summed E-state index contributed by atoms with van der Waals surface area (Å²) in [5.74, 6) is 0.942. The molecule has 1 heterocycles. The highest BCUT2D eigenvalue weighted by atomic mass is 16.1. The molecule has 1 amide bonds. The zero-order valence-corrected chi connectivity index (χ0v) is 14.5. The van der Waals surface area contributed by atoms with Gasteiger partial charge in [-0.05, 0) is 30.2 Å². The van der Waals surface area contributed by atoms with E-state index in [0.29, 0.717) is 6.54 Å². The van der Waals surface area contributed by atoms with Crippen LogP contribution in [-0.2, 0) is 17.8 Å². The van der Waals surface area contributed by atoms with Gasteiger partial charge in [0.25, 0.3) is 0 Å². The number of amides is 1. The highest BCUT2D eigenvalue weighted by Gasteiger charge is 2.09. The molecule has 1 N–H and O–H groups in total. The molecule has 25 heavy (non-hydrogen) atoms. The predicted molar refractivity (Wildman–Crippen MR) is 102 cm³/mol. The Bertz CT molecular complexity index is 865. The van der Waals surface area contributed by atoms with Crippen LogP contribution in [0.25, 0.3) is 17.1 Å². The Kier molecular flexibility index (Phi) is 5.62. The number of aryl methyl sites for hydroxylation is 1. The van der Waals surface area contributed by atoms with Gasteiger partial charge in [-0.15, -0.1) is 0 Å². The van der Waals surface area contributed by atoms with Crippen molar-refractivity contribution < 1.29 is 4.79 Å². The van der Waals surface area contributed by atoms with Crippen LogP contribution in [0.3, 0.4) is 0 Å². The first-order valence-electron chi connectivity index (χ1n) is 8.73. The molecule has 0 aliphatic carbocycles. The van der Waals surface area contributed by atoms with E-state index >= 15 is 0 Å². The number of aromatic nitrogens is 2. The molecule has 3 aromatic rings. The van der Waals surface area contributed by atoms with Crippen LogP contribution in [0.2, 0.25) is 0 Å². The average molecular weight is 333 g/mol. The summed E-state index contributed by atoms with van der Waals surface area (Å²) in [7, 11) is 0. The molecule has 3 rings (SSSR count). The molecule has 0 spiro atoms. The molecule has 2 aromatic carbocycles. The van der Waals surface area contributed by atoms with Crippen LogP contribution in [-0.4, -0.2) is 22.0 Å².